The van der Waals surface area contributed by atoms with E-state index in [4.69, 9.17) is 8.92 Å². The van der Waals surface area contributed by atoms with Crippen LogP contribution < -0.4 is 0 Å². The van der Waals surface area contributed by atoms with Crippen LogP contribution in [0.25, 0.3) is 0 Å². The van der Waals surface area contributed by atoms with Crippen LogP contribution in [0.5, 0.6) is 0 Å². The number of hydrogen-bond donors (Lipinski definition) is 0. The van der Waals surface area contributed by atoms with Crippen molar-refractivity contribution in [1.29, 1.82) is 0 Å². The van der Waals surface area contributed by atoms with Gasteiger partial charge in [-0.15, -0.1) is 0 Å². The molecule has 4 nitrogen and oxygen atoms in total. The molecule has 0 saturated heterocycles. The van der Waals surface area contributed by atoms with Crippen molar-refractivity contribution in [3.63, 3.8) is 0 Å². The summed E-state index contributed by atoms with van der Waals surface area (Å²) >= 11 is 0. The first-order valence-corrected chi connectivity index (χ1v) is 8.39. The normalized spacial score (nSPS) is 13.4. The van der Waals surface area contributed by atoms with E-state index in [0.717, 1.165) is 11.8 Å². The third-order valence-electron chi connectivity index (χ3n) is 2.70. The second kappa shape index (κ2) is 6.24. The van der Waals surface area contributed by atoms with E-state index in [0.29, 0.717) is 13.0 Å². The molecule has 0 bridgehead atoms. The smallest absolute Gasteiger partial charge is 0.264 e. The van der Waals surface area contributed by atoms with Crippen LogP contribution in [0.2, 0.25) is 0 Å². The minimum atomic E-state index is -3.48. The van der Waals surface area contributed by atoms with Gasteiger partial charge in [0.05, 0.1) is 24.1 Å². The summed E-state index contributed by atoms with van der Waals surface area (Å²) in [7, 11) is -3.48. The molecule has 0 fully saturated rings. The fourth-order valence-electron chi connectivity index (χ4n) is 2.37. The maximum absolute atomic E-state index is 11.2. The largest absolute Gasteiger partial charge is 0.371 e. The Morgan fingerprint density at radius 3 is 2.05 bits per heavy atom. The molecule has 114 valence electrons. The molecule has 20 heavy (non-hydrogen) atoms. The van der Waals surface area contributed by atoms with Gasteiger partial charge in [-0.1, -0.05) is 30.3 Å². The number of hydrogen-bond acceptors (Lipinski definition) is 4. The van der Waals surface area contributed by atoms with Gasteiger partial charge in [0.1, 0.15) is 0 Å². The predicted octanol–water partition coefficient (Wildman–Crippen LogP) is 3.13. The molecule has 0 N–H and O–H groups in total. The van der Waals surface area contributed by atoms with Gasteiger partial charge in [-0.2, -0.15) is 8.42 Å². The van der Waals surface area contributed by atoms with E-state index in [9.17, 15) is 8.42 Å². The summed E-state index contributed by atoms with van der Waals surface area (Å²) < 4.78 is 33.5. The zero-order chi connectivity index (χ0) is 15.4. The molecule has 1 aromatic carbocycles. The van der Waals surface area contributed by atoms with Crippen LogP contribution >= 0.6 is 0 Å². The highest BCUT2D eigenvalue weighted by molar-refractivity contribution is 7.86. The Labute approximate surface area is 122 Å². The Kier molecular flexibility index (Phi) is 5.35. The molecule has 0 heterocycles. The Bertz CT molecular complexity index is 518. The van der Waals surface area contributed by atoms with E-state index in [-0.39, 0.29) is 0 Å². The second-order valence-corrected chi connectivity index (χ2v) is 7.83. The zero-order valence-electron chi connectivity index (χ0n) is 12.8. The average molecular weight is 300 g/mol. The second-order valence-electron chi connectivity index (χ2n) is 6.26. The Morgan fingerprint density at radius 2 is 1.55 bits per heavy atom. The molecule has 0 amide bonds. The highest BCUT2D eigenvalue weighted by Crippen LogP contribution is 2.28. The molecular weight excluding hydrogens is 276 g/mol. The molecule has 0 radical (unpaired) electrons. The first kappa shape index (κ1) is 17.1. The minimum Gasteiger partial charge on any atom is -0.371 e. The molecule has 0 unspecified atom stereocenters. The van der Waals surface area contributed by atoms with Crippen LogP contribution in [0.1, 0.15) is 39.7 Å². The molecule has 0 spiro atoms. The van der Waals surface area contributed by atoms with Crippen molar-refractivity contribution in [2.75, 3.05) is 6.26 Å². The van der Waals surface area contributed by atoms with Crippen molar-refractivity contribution >= 4 is 10.1 Å². The van der Waals surface area contributed by atoms with Crippen molar-refractivity contribution < 1.29 is 17.3 Å². The summed E-state index contributed by atoms with van der Waals surface area (Å²) in [5, 5.41) is 0. The molecule has 0 aromatic heterocycles. The number of benzene rings is 1. The summed E-state index contributed by atoms with van der Waals surface area (Å²) in [4.78, 5) is 0. The van der Waals surface area contributed by atoms with Gasteiger partial charge in [-0.3, -0.25) is 4.18 Å². The van der Waals surface area contributed by atoms with Crippen LogP contribution in [0.15, 0.2) is 30.3 Å². The van der Waals surface area contributed by atoms with Crippen LogP contribution in [-0.2, 0) is 25.6 Å². The van der Waals surface area contributed by atoms with E-state index in [2.05, 4.69) is 0 Å². The van der Waals surface area contributed by atoms with Gasteiger partial charge in [0.25, 0.3) is 10.1 Å². The summed E-state index contributed by atoms with van der Waals surface area (Å²) in [6.07, 6.45) is 1.53. The van der Waals surface area contributed by atoms with Crippen LogP contribution in [0.4, 0.5) is 0 Å². The minimum absolute atomic E-state index is 0.472. The summed E-state index contributed by atoms with van der Waals surface area (Å²) in [6.45, 7) is 7.86. The van der Waals surface area contributed by atoms with Gasteiger partial charge in [-0.25, -0.2) is 0 Å². The van der Waals surface area contributed by atoms with Crippen LogP contribution in [0.3, 0.4) is 0 Å². The molecule has 0 saturated carbocycles. The van der Waals surface area contributed by atoms with Crippen LogP contribution in [0, 0.1) is 0 Å². The topological polar surface area (TPSA) is 52.6 Å². The van der Waals surface area contributed by atoms with E-state index in [1.807, 2.05) is 44.2 Å². The number of ether oxygens (including phenoxy) is 1. The summed E-state index contributed by atoms with van der Waals surface area (Å²) in [6, 6.07) is 9.87. The van der Waals surface area contributed by atoms with Gasteiger partial charge >= 0.3 is 0 Å². The monoisotopic (exact) mass is 300 g/mol. The predicted molar refractivity (Wildman–Crippen MR) is 79.9 cm³/mol. The molecule has 1 rings (SSSR count). The standard InChI is InChI=1S/C15H24O4S/c1-14(2,12-15(3,4)19-20(5,16)17)18-11-13-9-7-6-8-10-13/h6-10H,11-12H2,1-5H3. The summed E-state index contributed by atoms with van der Waals surface area (Å²) in [5.74, 6) is 0. The first-order valence-electron chi connectivity index (χ1n) is 6.58. The highest BCUT2D eigenvalue weighted by Gasteiger charge is 2.33. The Hall–Kier alpha value is -0.910. The molecule has 1 aromatic rings. The molecule has 0 aliphatic rings. The van der Waals surface area contributed by atoms with Crippen molar-refractivity contribution in [3.8, 4) is 0 Å². The highest BCUT2D eigenvalue weighted by atomic mass is 32.2. The average Bonchev–Trinajstić information content (AvgIpc) is 2.23. The molecule has 0 atom stereocenters. The quantitative estimate of drug-likeness (QED) is 0.726. The third kappa shape index (κ3) is 7.03. The maximum atomic E-state index is 11.2. The van der Waals surface area contributed by atoms with Crippen LogP contribution in [-0.4, -0.2) is 25.9 Å². The van der Waals surface area contributed by atoms with Gasteiger partial charge in [0.2, 0.25) is 0 Å². The molecule has 0 aliphatic heterocycles. The first-order chi connectivity index (χ1) is 8.99. The fraction of sp³-hybridized carbons (Fsp3) is 0.600. The van der Waals surface area contributed by atoms with Gasteiger partial charge in [-0.05, 0) is 33.3 Å². The lowest BCUT2D eigenvalue weighted by Gasteiger charge is -2.34. The lowest BCUT2D eigenvalue weighted by atomic mass is 9.92. The lowest BCUT2D eigenvalue weighted by molar-refractivity contribution is -0.0721. The SMILES string of the molecule is CC(C)(CC(C)(C)OS(C)(=O)=O)OCc1ccccc1. The summed E-state index contributed by atoms with van der Waals surface area (Å²) in [5.41, 5.74) is -0.194. The zero-order valence-corrected chi connectivity index (χ0v) is 13.7. The van der Waals surface area contributed by atoms with E-state index in [1.165, 1.54) is 0 Å². The van der Waals surface area contributed by atoms with Crippen molar-refractivity contribution in [2.24, 2.45) is 0 Å². The van der Waals surface area contributed by atoms with Crippen molar-refractivity contribution in [1.82, 2.24) is 0 Å². The van der Waals surface area contributed by atoms with Gasteiger partial charge in [0, 0.05) is 6.42 Å². The van der Waals surface area contributed by atoms with E-state index in [1.54, 1.807) is 13.8 Å². The van der Waals surface area contributed by atoms with Crippen molar-refractivity contribution in [2.45, 2.75) is 51.9 Å². The fourth-order valence-corrected chi connectivity index (χ4v) is 3.25. The van der Waals surface area contributed by atoms with E-state index < -0.39 is 21.3 Å². The van der Waals surface area contributed by atoms with Gasteiger partial charge in [0.15, 0.2) is 0 Å². The van der Waals surface area contributed by atoms with Gasteiger partial charge < -0.3 is 4.74 Å². The maximum Gasteiger partial charge on any atom is 0.264 e. The molecule has 0 aliphatic carbocycles. The lowest BCUT2D eigenvalue weighted by Crippen LogP contribution is -2.38. The molecular formula is C15H24O4S. The van der Waals surface area contributed by atoms with Crippen molar-refractivity contribution in [3.05, 3.63) is 35.9 Å². The Balaban J connectivity index is 2.60. The molecule has 5 heteroatoms. The Morgan fingerprint density at radius 1 is 1.00 bits per heavy atom. The number of rotatable bonds is 7. The third-order valence-corrected chi connectivity index (χ3v) is 3.45. The van der Waals surface area contributed by atoms with E-state index >= 15 is 0 Å².